The monoisotopic (exact) mass is 356 g/mol. The highest BCUT2D eigenvalue weighted by Gasteiger charge is 2.33. The molecule has 138 valence electrons. The van der Waals surface area contributed by atoms with Crippen LogP contribution in [0.15, 0.2) is 36.4 Å². The number of aromatic nitrogens is 1. The molecule has 1 saturated carbocycles. The van der Waals surface area contributed by atoms with Gasteiger partial charge in [0.05, 0.1) is 5.56 Å². The Balaban J connectivity index is 1.94. The van der Waals surface area contributed by atoms with E-state index in [0.29, 0.717) is 0 Å². The summed E-state index contributed by atoms with van der Waals surface area (Å²) >= 11 is 0. The fourth-order valence-electron chi connectivity index (χ4n) is 5.93. The SMILES string of the molecule is Cc1cc(C)c2c(c1C)-c1cc(c3ccccc3[n+]1C)CC1CCCC2C1. The van der Waals surface area contributed by atoms with Crippen molar-refractivity contribution in [3.05, 3.63) is 64.2 Å². The van der Waals surface area contributed by atoms with Crippen LogP contribution in [0.1, 0.15) is 59.4 Å². The molecule has 1 heteroatoms. The topological polar surface area (TPSA) is 3.88 Å². The van der Waals surface area contributed by atoms with Crippen molar-refractivity contribution in [1.29, 1.82) is 0 Å². The van der Waals surface area contributed by atoms with E-state index in [1.807, 2.05) is 0 Å². The highest BCUT2D eigenvalue weighted by Crippen LogP contribution is 2.46. The van der Waals surface area contributed by atoms with E-state index in [4.69, 9.17) is 0 Å². The molecule has 0 N–H and O–H groups in total. The zero-order valence-corrected chi connectivity index (χ0v) is 17.1. The first-order chi connectivity index (χ1) is 13.0. The second-order valence-corrected chi connectivity index (χ2v) is 8.99. The van der Waals surface area contributed by atoms with Crippen LogP contribution in [0, 0.1) is 26.7 Å². The van der Waals surface area contributed by atoms with Gasteiger partial charge < -0.3 is 0 Å². The molecule has 0 spiro atoms. The standard InChI is InChI=1S/C26H30N/c1-16-12-17(2)25-20-9-7-8-19(13-20)14-21-15-24(26(25)18(16)3)27(4)23-11-6-5-10-22(21)23/h5-6,10-12,15,19-20H,7-9,13-14H2,1-4H3/q+1. The van der Waals surface area contributed by atoms with Crippen LogP contribution >= 0.6 is 0 Å². The van der Waals surface area contributed by atoms with Gasteiger partial charge in [-0.15, -0.1) is 0 Å². The maximum atomic E-state index is 2.52. The second kappa shape index (κ2) is 6.19. The lowest BCUT2D eigenvalue weighted by Crippen LogP contribution is -2.33. The second-order valence-electron chi connectivity index (χ2n) is 8.99. The van der Waals surface area contributed by atoms with Crippen LogP contribution in [0.2, 0.25) is 0 Å². The Labute approximate surface area is 163 Å². The smallest absolute Gasteiger partial charge is 0.194 e. The van der Waals surface area contributed by atoms with E-state index >= 15 is 0 Å². The van der Waals surface area contributed by atoms with Crippen molar-refractivity contribution < 1.29 is 4.57 Å². The summed E-state index contributed by atoms with van der Waals surface area (Å²) in [5.74, 6) is 1.54. The molecule has 0 amide bonds. The molecule has 27 heavy (non-hydrogen) atoms. The van der Waals surface area contributed by atoms with Crippen LogP contribution in [-0.2, 0) is 13.5 Å². The van der Waals surface area contributed by atoms with E-state index in [1.165, 1.54) is 71.0 Å². The largest absolute Gasteiger partial charge is 0.213 e. The molecule has 2 aromatic carbocycles. The maximum absolute atomic E-state index is 2.52. The molecule has 4 bridgehead atoms. The van der Waals surface area contributed by atoms with Crippen molar-refractivity contribution in [3.63, 3.8) is 0 Å². The van der Waals surface area contributed by atoms with Crippen LogP contribution < -0.4 is 4.57 Å². The zero-order valence-electron chi connectivity index (χ0n) is 17.1. The number of hydrogen-bond acceptors (Lipinski definition) is 0. The first-order valence-electron chi connectivity index (χ1n) is 10.6. The van der Waals surface area contributed by atoms with Gasteiger partial charge in [-0.1, -0.05) is 31.0 Å². The molecular weight excluding hydrogens is 326 g/mol. The highest BCUT2D eigenvalue weighted by molar-refractivity contribution is 5.83. The van der Waals surface area contributed by atoms with Gasteiger partial charge >= 0.3 is 0 Å². The first-order valence-corrected chi connectivity index (χ1v) is 10.6. The van der Waals surface area contributed by atoms with Crippen molar-refractivity contribution >= 4 is 10.9 Å². The van der Waals surface area contributed by atoms with Gasteiger partial charge in [-0.2, -0.15) is 4.57 Å². The Bertz CT molecular complexity index is 1060. The van der Waals surface area contributed by atoms with Gasteiger partial charge in [0.15, 0.2) is 0 Å². The third-order valence-electron chi connectivity index (χ3n) is 7.33. The summed E-state index contributed by atoms with van der Waals surface area (Å²) in [4.78, 5) is 0. The Hall–Kier alpha value is -2.15. The molecule has 1 heterocycles. The highest BCUT2D eigenvalue weighted by atomic mass is 14.9. The van der Waals surface area contributed by atoms with Gasteiger partial charge in [0.1, 0.15) is 7.05 Å². The number of fused-ring (bicyclic) bond motifs is 9. The summed E-state index contributed by atoms with van der Waals surface area (Å²) in [6.45, 7) is 6.95. The molecule has 0 radical (unpaired) electrons. The third kappa shape index (κ3) is 2.55. The predicted molar refractivity (Wildman–Crippen MR) is 113 cm³/mol. The number of pyridine rings is 1. The summed E-state index contributed by atoms with van der Waals surface area (Å²) in [7, 11) is 2.26. The van der Waals surface area contributed by atoms with E-state index < -0.39 is 0 Å². The fourth-order valence-corrected chi connectivity index (χ4v) is 5.93. The van der Waals surface area contributed by atoms with Gasteiger partial charge in [0, 0.05) is 17.5 Å². The van der Waals surface area contributed by atoms with Crippen molar-refractivity contribution in [3.8, 4) is 11.3 Å². The molecule has 0 saturated heterocycles. The molecule has 1 nitrogen and oxygen atoms in total. The molecule has 2 atom stereocenters. The molecule has 1 aromatic heterocycles. The lowest BCUT2D eigenvalue weighted by Gasteiger charge is -2.31. The van der Waals surface area contributed by atoms with E-state index in [-0.39, 0.29) is 0 Å². The molecule has 3 aromatic rings. The van der Waals surface area contributed by atoms with E-state index in [9.17, 15) is 0 Å². The Morgan fingerprint density at radius 3 is 2.63 bits per heavy atom. The number of aryl methyl sites for hydroxylation is 3. The maximum Gasteiger partial charge on any atom is 0.213 e. The number of para-hydroxylation sites is 1. The van der Waals surface area contributed by atoms with Crippen molar-refractivity contribution in [2.24, 2.45) is 13.0 Å². The van der Waals surface area contributed by atoms with Crippen LogP contribution in [0.5, 0.6) is 0 Å². The summed E-state index contributed by atoms with van der Waals surface area (Å²) in [5.41, 5.74) is 11.9. The summed E-state index contributed by atoms with van der Waals surface area (Å²) in [6, 6.07) is 13.9. The van der Waals surface area contributed by atoms with Crippen LogP contribution in [0.25, 0.3) is 22.2 Å². The van der Waals surface area contributed by atoms with Gasteiger partial charge in [-0.05, 0) is 85.8 Å². The van der Waals surface area contributed by atoms with Gasteiger partial charge in [-0.25, -0.2) is 0 Å². The molecule has 2 aliphatic rings. The summed E-state index contributed by atoms with van der Waals surface area (Å²) in [6.07, 6.45) is 6.70. The van der Waals surface area contributed by atoms with E-state index in [0.717, 1.165) is 11.8 Å². The number of nitrogens with zero attached hydrogens (tertiary/aromatic N) is 1. The predicted octanol–water partition coefficient (Wildman–Crippen LogP) is 6.09. The van der Waals surface area contributed by atoms with E-state index in [2.05, 4.69) is 68.8 Å². The first kappa shape index (κ1) is 17.0. The molecule has 1 fully saturated rings. The Morgan fingerprint density at radius 2 is 1.78 bits per heavy atom. The minimum atomic E-state index is 0.718. The molecule has 2 aliphatic carbocycles. The number of rotatable bonds is 0. The van der Waals surface area contributed by atoms with E-state index in [1.54, 1.807) is 11.1 Å². The van der Waals surface area contributed by atoms with Crippen molar-refractivity contribution in [2.75, 3.05) is 0 Å². The fraction of sp³-hybridized carbons (Fsp3) is 0.423. The molecule has 5 rings (SSSR count). The Kier molecular flexibility index (Phi) is 3.89. The minimum Gasteiger partial charge on any atom is -0.194 e. The summed E-state index contributed by atoms with van der Waals surface area (Å²) in [5, 5.41) is 1.44. The lowest BCUT2D eigenvalue weighted by atomic mass is 9.73. The summed E-state index contributed by atoms with van der Waals surface area (Å²) < 4.78 is 2.44. The number of benzene rings is 2. The quantitative estimate of drug-likeness (QED) is 0.429. The van der Waals surface area contributed by atoms with Gasteiger partial charge in [0.2, 0.25) is 11.2 Å². The normalized spacial score (nSPS) is 21.3. The van der Waals surface area contributed by atoms with Crippen LogP contribution in [0.4, 0.5) is 0 Å². The average Bonchev–Trinajstić information content (AvgIpc) is 2.70. The van der Waals surface area contributed by atoms with Crippen molar-refractivity contribution in [1.82, 2.24) is 0 Å². The third-order valence-corrected chi connectivity index (χ3v) is 7.33. The number of hydrogen-bond donors (Lipinski definition) is 0. The van der Waals surface area contributed by atoms with Crippen LogP contribution in [-0.4, -0.2) is 0 Å². The zero-order chi connectivity index (χ0) is 18.7. The molecule has 0 aliphatic heterocycles. The molecule has 2 unspecified atom stereocenters. The Morgan fingerprint density at radius 1 is 0.963 bits per heavy atom. The minimum absolute atomic E-state index is 0.718. The lowest BCUT2D eigenvalue weighted by molar-refractivity contribution is -0.633. The van der Waals surface area contributed by atoms with Crippen molar-refractivity contribution in [2.45, 2.75) is 58.8 Å². The molecular formula is C26H30N+. The van der Waals surface area contributed by atoms with Gasteiger partial charge in [-0.3, -0.25) is 0 Å². The van der Waals surface area contributed by atoms with Crippen LogP contribution in [0.3, 0.4) is 0 Å². The average molecular weight is 357 g/mol. The van der Waals surface area contributed by atoms with Gasteiger partial charge in [0.25, 0.3) is 0 Å².